The zero-order valence-electron chi connectivity index (χ0n) is 10.9. The molecule has 1 saturated heterocycles. The Morgan fingerprint density at radius 3 is 2.79 bits per heavy atom. The molecule has 0 spiro atoms. The summed E-state index contributed by atoms with van der Waals surface area (Å²) in [5.41, 5.74) is -0.680. The molecule has 0 aromatic heterocycles. The zero-order valence-corrected chi connectivity index (χ0v) is 10.9. The number of carbonyl (C=O) groups excluding carboxylic acids is 1. The molecule has 1 heterocycles. The van der Waals surface area contributed by atoms with Gasteiger partial charge in [-0.25, -0.2) is 4.39 Å². The van der Waals surface area contributed by atoms with Crippen LogP contribution in [0.3, 0.4) is 0 Å². The highest BCUT2D eigenvalue weighted by Gasteiger charge is 2.29. The van der Waals surface area contributed by atoms with Crippen molar-refractivity contribution in [2.45, 2.75) is 25.4 Å². The Bertz CT molecular complexity index is 452. The molecule has 5 heteroatoms. The van der Waals surface area contributed by atoms with Crippen LogP contribution in [0, 0.1) is 5.82 Å². The smallest absolute Gasteiger partial charge is 0.260 e. The Kier molecular flexibility index (Phi) is 4.04. The van der Waals surface area contributed by atoms with Crippen molar-refractivity contribution in [2.24, 2.45) is 0 Å². The summed E-state index contributed by atoms with van der Waals surface area (Å²) in [6.07, 6.45) is 1.14. The number of ether oxygens (including phenoxy) is 1. The van der Waals surface area contributed by atoms with Crippen LogP contribution in [0.1, 0.15) is 19.8 Å². The van der Waals surface area contributed by atoms with Crippen molar-refractivity contribution in [1.82, 2.24) is 4.90 Å². The Morgan fingerprint density at radius 2 is 2.16 bits per heavy atom. The first-order chi connectivity index (χ1) is 8.96. The minimum absolute atomic E-state index is 0.106. The van der Waals surface area contributed by atoms with Crippen LogP contribution in [0.15, 0.2) is 24.3 Å². The summed E-state index contributed by atoms with van der Waals surface area (Å²) in [7, 11) is 0. The van der Waals surface area contributed by atoms with Gasteiger partial charge in [-0.1, -0.05) is 6.07 Å². The van der Waals surface area contributed by atoms with E-state index in [1.165, 1.54) is 18.2 Å². The molecule has 1 aromatic rings. The molecule has 1 aliphatic heterocycles. The molecule has 4 nitrogen and oxygen atoms in total. The van der Waals surface area contributed by atoms with Crippen molar-refractivity contribution in [3.05, 3.63) is 30.1 Å². The molecule has 1 N–H and O–H groups in total. The van der Waals surface area contributed by atoms with Crippen molar-refractivity contribution >= 4 is 5.91 Å². The second kappa shape index (κ2) is 5.57. The first-order valence-corrected chi connectivity index (χ1v) is 6.35. The number of piperidine rings is 1. The highest BCUT2D eigenvalue weighted by atomic mass is 19.1. The molecule has 1 aromatic carbocycles. The maximum absolute atomic E-state index is 12.9. The van der Waals surface area contributed by atoms with Gasteiger partial charge < -0.3 is 14.7 Å². The molecule has 104 valence electrons. The normalized spacial score (nSPS) is 18.2. The Balaban J connectivity index is 1.82. The van der Waals surface area contributed by atoms with Gasteiger partial charge in [0, 0.05) is 19.2 Å². The number of rotatable bonds is 3. The summed E-state index contributed by atoms with van der Waals surface area (Å²) < 4.78 is 18.2. The average molecular weight is 267 g/mol. The summed E-state index contributed by atoms with van der Waals surface area (Å²) in [6, 6.07) is 5.71. The van der Waals surface area contributed by atoms with Crippen LogP contribution in [-0.4, -0.2) is 41.2 Å². The van der Waals surface area contributed by atoms with Gasteiger partial charge in [0.2, 0.25) is 0 Å². The van der Waals surface area contributed by atoms with Crippen molar-refractivity contribution in [3.63, 3.8) is 0 Å². The predicted molar refractivity (Wildman–Crippen MR) is 68.3 cm³/mol. The largest absolute Gasteiger partial charge is 0.484 e. The number of aliphatic hydroxyl groups is 1. The molecule has 1 fully saturated rings. The lowest BCUT2D eigenvalue weighted by atomic mass is 9.94. The number of hydrogen-bond donors (Lipinski definition) is 1. The number of benzene rings is 1. The van der Waals surface area contributed by atoms with E-state index in [-0.39, 0.29) is 18.3 Å². The van der Waals surface area contributed by atoms with E-state index in [4.69, 9.17) is 4.74 Å². The fourth-order valence-corrected chi connectivity index (χ4v) is 2.03. The standard InChI is InChI=1S/C14H18FNO3/c1-14(18)5-7-16(8-6-14)13(17)10-19-12-4-2-3-11(15)9-12/h2-4,9,18H,5-8,10H2,1H3. The van der Waals surface area contributed by atoms with Crippen LogP contribution < -0.4 is 4.74 Å². The number of nitrogens with zero attached hydrogens (tertiary/aromatic N) is 1. The third-order valence-corrected chi connectivity index (χ3v) is 3.35. The maximum atomic E-state index is 12.9. The van der Waals surface area contributed by atoms with Crippen molar-refractivity contribution in [3.8, 4) is 5.75 Å². The summed E-state index contributed by atoms with van der Waals surface area (Å²) in [5.74, 6) is -0.184. The van der Waals surface area contributed by atoms with Crippen LogP contribution in [0.25, 0.3) is 0 Å². The van der Waals surface area contributed by atoms with Gasteiger partial charge in [0.1, 0.15) is 11.6 Å². The molecule has 19 heavy (non-hydrogen) atoms. The number of halogens is 1. The molecule has 0 saturated carbocycles. The lowest BCUT2D eigenvalue weighted by Crippen LogP contribution is -2.46. The van der Waals surface area contributed by atoms with Gasteiger partial charge in [0.25, 0.3) is 5.91 Å². The number of likely N-dealkylation sites (tertiary alicyclic amines) is 1. The van der Waals surface area contributed by atoms with Crippen molar-refractivity contribution in [2.75, 3.05) is 19.7 Å². The van der Waals surface area contributed by atoms with Crippen LogP contribution in [0.5, 0.6) is 5.75 Å². The van der Waals surface area contributed by atoms with Crippen molar-refractivity contribution in [1.29, 1.82) is 0 Å². The summed E-state index contributed by atoms with van der Waals surface area (Å²) in [6.45, 7) is 2.72. The summed E-state index contributed by atoms with van der Waals surface area (Å²) in [4.78, 5) is 13.6. The average Bonchev–Trinajstić information content (AvgIpc) is 2.36. The van der Waals surface area contributed by atoms with Gasteiger partial charge in [0.05, 0.1) is 5.60 Å². The quantitative estimate of drug-likeness (QED) is 0.904. The highest BCUT2D eigenvalue weighted by molar-refractivity contribution is 5.77. The Morgan fingerprint density at radius 1 is 1.47 bits per heavy atom. The molecule has 0 bridgehead atoms. The molecular weight excluding hydrogens is 249 g/mol. The highest BCUT2D eigenvalue weighted by Crippen LogP contribution is 2.21. The molecule has 2 rings (SSSR count). The number of carbonyl (C=O) groups is 1. The molecule has 0 radical (unpaired) electrons. The van der Waals surface area contributed by atoms with E-state index in [0.717, 1.165) is 0 Å². The minimum Gasteiger partial charge on any atom is -0.484 e. The van der Waals surface area contributed by atoms with E-state index in [2.05, 4.69) is 0 Å². The second-order valence-electron chi connectivity index (χ2n) is 5.12. The van der Waals surface area contributed by atoms with Gasteiger partial charge in [-0.05, 0) is 31.9 Å². The maximum Gasteiger partial charge on any atom is 0.260 e. The second-order valence-corrected chi connectivity index (χ2v) is 5.12. The van der Waals surface area contributed by atoms with E-state index in [1.54, 1.807) is 17.9 Å². The molecular formula is C14H18FNO3. The van der Waals surface area contributed by atoms with Crippen LogP contribution >= 0.6 is 0 Å². The minimum atomic E-state index is -0.680. The topological polar surface area (TPSA) is 49.8 Å². The molecule has 0 unspecified atom stereocenters. The lowest BCUT2D eigenvalue weighted by molar-refractivity contribution is -0.137. The van der Waals surface area contributed by atoms with E-state index in [0.29, 0.717) is 31.7 Å². The van der Waals surface area contributed by atoms with E-state index in [1.807, 2.05) is 0 Å². The first kappa shape index (κ1) is 13.8. The van der Waals surface area contributed by atoms with E-state index < -0.39 is 5.60 Å². The number of amides is 1. The fourth-order valence-electron chi connectivity index (χ4n) is 2.03. The zero-order chi connectivity index (χ0) is 13.9. The SMILES string of the molecule is CC1(O)CCN(C(=O)COc2cccc(F)c2)CC1. The van der Waals surface area contributed by atoms with Gasteiger partial charge in [-0.15, -0.1) is 0 Å². The first-order valence-electron chi connectivity index (χ1n) is 6.35. The molecule has 1 aliphatic rings. The van der Waals surface area contributed by atoms with Gasteiger partial charge in [0.15, 0.2) is 6.61 Å². The van der Waals surface area contributed by atoms with Crippen LogP contribution in [0.2, 0.25) is 0 Å². The Hall–Kier alpha value is -1.62. The van der Waals surface area contributed by atoms with Crippen LogP contribution in [-0.2, 0) is 4.79 Å². The Labute approximate surface area is 111 Å². The van der Waals surface area contributed by atoms with Gasteiger partial charge >= 0.3 is 0 Å². The van der Waals surface area contributed by atoms with Crippen molar-refractivity contribution < 1.29 is 19.0 Å². The lowest BCUT2D eigenvalue weighted by Gasteiger charge is -2.35. The van der Waals surface area contributed by atoms with Crippen LogP contribution in [0.4, 0.5) is 4.39 Å². The van der Waals surface area contributed by atoms with Gasteiger partial charge in [-0.3, -0.25) is 4.79 Å². The molecule has 0 aliphatic carbocycles. The fraction of sp³-hybridized carbons (Fsp3) is 0.500. The molecule has 1 amide bonds. The van der Waals surface area contributed by atoms with E-state index in [9.17, 15) is 14.3 Å². The third kappa shape index (κ3) is 3.92. The monoisotopic (exact) mass is 267 g/mol. The van der Waals surface area contributed by atoms with E-state index >= 15 is 0 Å². The predicted octanol–water partition coefficient (Wildman–Crippen LogP) is 1.58. The summed E-state index contributed by atoms with van der Waals surface area (Å²) >= 11 is 0. The summed E-state index contributed by atoms with van der Waals surface area (Å²) in [5, 5.41) is 9.80. The number of hydrogen-bond acceptors (Lipinski definition) is 3. The molecule has 0 atom stereocenters. The van der Waals surface area contributed by atoms with Gasteiger partial charge in [-0.2, -0.15) is 0 Å². The third-order valence-electron chi connectivity index (χ3n) is 3.35.